The summed E-state index contributed by atoms with van der Waals surface area (Å²) in [4.78, 5) is 40.9. The minimum atomic E-state index is -0.670. The van der Waals surface area contributed by atoms with Gasteiger partial charge in [-0.15, -0.1) is 11.3 Å². The number of esters is 1. The molecule has 0 radical (unpaired) electrons. The molecule has 0 fully saturated rings. The van der Waals surface area contributed by atoms with E-state index in [0.29, 0.717) is 17.4 Å². The second-order valence-corrected chi connectivity index (χ2v) is 6.76. The Morgan fingerprint density at radius 2 is 1.80 bits per heavy atom. The van der Waals surface area contributed by atoms with Crippen molar-refractivity contribution in [2.75, 3.05) is 32.3 Å². The number of hydrogen-bond donors (Lipinski definition) is 1. The van der Waals surface area contributed by atoms with Crippen molar-refractivity contribution < 1.29 is 33.3 Å². The predicted molar refractivity (Wildman–Crippen MR) is 109 cm³/mol. The number of hydrogen-bond acceptors (Lipinski definition) is 9. The minimum absolute atomic E-state index is 0.0741. The monoisotopic (exact) mass is 437 g/mol. The van der Waals surface area contributed by atoms with Gasteiger partial charge in [0.25, 0.3) is 5.91 Å². The molecule has 30 heavy (non-hydrogen) atoms. The first-order valence-electron chi connectivity index (χ1n) is 8.87. The van der Waals surface area contributed by atoms with Gasteiger partial charge in [-0.25, -0.2) is 9.78 Å². The molecule has 2 N–H and O–H groups in total. The molecule has 1 aromatic heterocycles. The minimum Gasteiger partial charge on any atom is -0.493 e. The Hall–Kier alpha value is -3.34. The summed E-state index contributed by atoms with van der Waals surface area (Å²) in [5.74, 6) is -0.924. The van der Waals surface area contributed by atoms with Crippen LogP contribution in [0.4, 0.5) is 5.13 Å². The zero-order chi connectivity index (χ0) is 22.3. The van der Waals surface area contributed by atoms with Crippen LogP contribution in [0.5, 0.6) is 17.2 Å². The quantitative estimate of drug-likeness (QED) is 0.557. The van der Waals surface area contributed by atoms with E-state index in [-0.39, 0.29) is 41.9 Å². The van der Waals surface area contributed by atoms with Gasteiger partial charge in [0, 0.05) is 18.8 Å². The molecule has 2 rings (SSSR count). The van der Waals surface area contributed by atoms with E-state index in [1.807, 2.05) is 6.92 Å². The lowest BCUT2D eigenvalue weighted by Crippen LogP contribution is -2.27. The van der Waals surface area contributed by atoms with Crippen molar-refractivity contribution in [1.82, 2.24) is 4.98 Å². The average molecular weight is 437 g/mol. The lowest BCUT2D eigenvalue weighted by atomic mass is 10.2. The largest absolute Gasteiger partial charge is 0.493 e. The maximum atomic E-state index is 12.5. The zero-order valence-electron chi connectivity index (χ0n) is 17.1. The molecule has 0 unspecified atom stereocenters. The van der Waals surface area contributed by atoms with E-state index in [0.717, 1.165) is 0 Å². The van der Waals surface area contributed by atoms with E-state index >= 15 is 0 Å². The molecule has 0 spiro atoms. The predicted octanol–water partition coefficient (Wildman–Crippen LogP) is 1.75. The van der Waals surface area contributed by atoms with Gasteiger partial charge in [0.15, 0.2) is 23.2 Å². The Morgan fingerprint density at radius 3 is 2.30 bits per heavy atom. The smallest absolute Gasteiger partial charge is 0.338 e. The first kappa shape index (κ1) is 22.9. The van der Waals surface area contributed by atoms with Crippen molar-refractivity contribution in [1.29, 1.82) is 0 Å². The number of benzene rings is 1. The van der Waals surface area contributed by atoms with Crippen LogP contribution >= 0.6 is 11.3 Å². The molecule has 1 aromatic carbocycles. The highest BCUT2D eigenvalue weighted by molar-refractivity contribution is 7.14. The summed E-state index contributed by atoms with van der Waals surface area (Å²) < 4.78 is 21.1. The van der Waals surface area contributed by atoms with Crippen LogP contribution in [0.25, 0.3) is 0 Å². The van der Waals surface area contributed by atoms with Crippen LogP contribution < -0.4 is 24.8 Å². The number of aromatic nitrogens is 1. The molecule has 162 valence electrons. The van der Waals surface area contributed by atoms with Crippen molar-refractivity contribution in [3.63, 3.8) is 0 Å². The number of nitrogens with zero attached hydrogens (tertiary/aromatic N) is 2. The Bertz CT molecular complexity index is 904. The maximum Gasteiger partial charge on any atom is 0.338 e. The summed E-state index contributed by atoms with van der Waals surface area (Å²) >= 11 is 1.29. The lowest BCUT2D eigenvalue weighted by molar-refractivity contribution is -0.120. The van der Waals surface area contributed by atoms with E-state index in [1.165, 1.54) is 49.5 Å². The Kier molecular flexibility index (Phi) is 7.98. The average Bonchev–Trinajstić information content (AvgIpc) is 3.18. The molecular weight excluding hydrogens is 414 g/mol. The number of carbonyl (C=O) groups excluding carboxylic acids is 3. The zero-order valence-corrected chi connectivity index (χ0v) is 17.9. The Balaban J connectivity index is 2.14. The summed E-state index contributed by atoms with van der Waals surface area (Å²) in [6.07, 6.45) is 0. The summed E-state index contributed by atoms with van der Waals surface area (Å²) in [5, 5.41) is 2.26. The first-order valence-corrected chi connectivity index (χ1v) is 9.75. The molecule has 2 amide bonds. The third-order valence-electron chi connectivity index (χ3n) is 3.87. The molecule has 0 aliphatic carbocycles. The number of primary amides is 1. The fourth-order valence-corrected chi connectivity index (χ4v) is 3.40. The van der Waals surface area contributed by atoms with Crippen LogP contribution in [0.1, 0.15) is 29.9 Å². The van der Waals surface area contributed by atoms with Crippen LogP contribution in [0.15, 0.2) is 17.5 Å². The molecule has 0 saturated carbocycles. The standard InChI is InChI=1S/C19H23N3O7S/c1-5-22(11(2)23)19-21-13(10-30-19)8-29-18(25)12-6-14(26-3)17(15(7-12)27-4)28-9-16(20)24/h6-7,10H,5,8-9H2,1-4H3,(H2,20,24). The third kappa shape index (κ3) is 5.60. The van der Waals surface area contributed by atoms with E-state index in [4.69, 9.17) is 24.7 Å². The molecule has 0 bridgehead atoms. The third-order valence-corrected chi connectivity index (χ3v) is 4.79. The van der Waals surface area contributed by atoms with Crippen molar-refractivity contribution >= 4 is 34.3 Å². The number of amides is 2. The molecule has 0 atom stereocenters. The summed E-state index contributed by atoms with van der Waals surface area (Å²) in [5.41, 5.74) is 5.77. The van der Waals surface area contributed by atoms with E-state index < -0.39 is 11.9 Å². The van der Waals surface area contributed by atoms with Crippen molar-refractivity contribution in [2.45, 2.75) is 20.5 Å². The summed E-state index contributed by atoms with van der Waals surface area (Å²) in [7, 11) is 2.76. The van der Waals surface area contributed by atoms with Gasteiger partial charge in [-0.2, -0.15) is 0 Å². The lowest BCUT2D eigenvalue weighted by Gasteiger charge is -2.15. The normalized spacial score (nSPS) is 10.3. The van der Waals surface area contributed by atoms with Crippen molar-refractivity contribution in [3.05, 3.63) is 28.8 Å². The highest BCUT2D eigenvalue weighted by Crippen LogP contribution is 2.38. The molecule has 0 aliphatic rings. The van der Waals surface area contributed by atoms with Gasteiger partial charge < -0.3 is 24.7 Å². The van der Waals surface area contributed by atoms with Crippen molar-refractivity contribution in [2.24, 2.45) is 5.73 Å². The van der Waals surface area contributed by atoms with Gasteiger partial charge in [-0.1, -0.05) is 0 Å². The van der Waals surface area contributed by atoms with E-state index in [2.05, 4.69) is 4.98 Å². The van der Waals surface area contributed by atoms with Gasteiger partial charge in [-0.3, -0.25) is 14.5 Å². The fourth-order valence-electron chi connectivity index (χ4n) is 2.49. The van der Waals surface area contributed by atoms with E-state index in [9.17, 15) is 14.4 Å². The van der Waals surface area contributed by atoms with Crippen LogP contribution in [-0.2, 0) is 20.9 Å². The number of rotatable bonds is 10. The van der Waals surface area contributed by atoms with Crippen LogP contribution in [0, 0.1) is 0 Å². The molecule has 0 aliphatic heterocycles. The number of carbonyl (C=O) groups is 3. The second kappa shape index (κ2) is 10.4. The van der Waals surface area contributed by atoms with Crippen molar-refractivity contribution in [3.8, 4) is 17.2 Å². The van der Waals surface area contributed by atoms with Crippen LogP contribution in [0.3, 0.4) is 0 Å². The van der Waals surface area contributed by atoms with Crippen LogP contribution in [-0.4, -0.2) is 50.1 Å². The second-order valence-electron chi connectivity index (χ2n) is 5.93. The number of anilines is 1. The topological polar surface area (TPSA) is 130 Å². The number of nitrogens with two attached hydrogens (primary N) is 1. The fraction of sp³-hybridized carbons (Fsp3) is 0.368. The molecule has 11 heteroatoms. The molecular formula is C19H23N3O7S. The molecule has 2 aromatic rings. The number of thiazole rings is 1. The summed E-state index contributed by atoms with van der Waals surface area (Å²) in [6, 6.07) is 2.81. The molecule has 1 heterocycles. The highest BCUT2D eigenvalue weighted by Gasteiger charge is 2.20. The summed E-state index contributed by atoms with van der Waals surface area (Å²) in [6.45, 7) is 3.35. The van der Waals surface area contributed by atoms with Gasteiger partial charge in [0.1, 0.15) is 6.61 Å². The SMILES string of the molecule is CCN(C(C)=O)c1nc(COC(=O)c2cc(OC)c(OCC(N)=O)c(OC)c2)cs1. The van der Waals surface area contributed by atoms with Gasteiger partial charge in [0.05, 0.1) is 25.5 Å². The van der Waals surface area contributed by atoms with Gasteiger partial charge in [0.2, 0.25) is 11.7 Å². The highest BCUT2D eigenvalue weighted by atomic mass is 32.1. The number of methoxy groups -OCH3 is 2. The maximum absolute atomic E-state index is 12.5. The number of ether oxygens (including phenoxy) is 4. The van der Waals surface area contributed by atoms with E-state index in [1.54, 1.807) is 5.38 Å². The Labute approximate surface area is 177 Å². The first-order chi connectivity index (χ1) is 14.3. The van der Waals surface area contributed by atoms with Gasteiger partial charge >= 0.3 is 5.97 Å². The molecule has 10 nitrogen and oxygen atoms in total. The molecule has 0 saturated heterocycles. The van der Waals surface area contributed by atoms with Crippen LogP contribution in [0.2, 0.25) is 0 Å². The Morgan fingerprint density at radius 1 is 1.17 bits per heavy atom. The van der Waals surface area contributed by atoms with Gasteiger partial charge in [-0.05, 0) is 19.1 Å².